The van der Waals surface area contributed by atoms with E-state index in [0.29, 0.717) is 6.04 Å². The molecule has 0 aliphatic heterocycles. The standard InChI is InChI=1S/C15H24N4/c1-4-6-16-13(2)15-5-8-18(12-15)10-11-19-9-7-17-14(19)3/h5,7-9,12-13,16H,4,6,10-11H2,1-3H3. The first-order chi connectivity index (χ1) is 9.20. The molecule has 1 unspecified atom stereocenters. The van der Waals surface area contributed by atoms with E-state index >= 15 is 0 Å². The summed E-state index contributed by atoms with van der Waals surface area (Å²) >= 11 is 0. The second kappa shape index (κ2) is 6.57. The van der Waals surface area contributed by atoms with Gasteiger partial charge in [-0.2, -0.15) is 0 Å². The second-order valence-electron chi connectivity index (χ2n) is 5.03. The molecule has 0 aliphatic rings. The molecule has 0 spiro atoms. The zero-order valence-electron chi connectivity index (χ0n) is 12.1. The highest BCUT2D eigenvalue weighted by molar-refractivity contribution is 5.14. The van der Waals surface area contributed by atoms with E-state index in [1.165, 1.54) is 12.0 Å². The summed E-state index contributed by atoms with van der Waals surface area (Å²) in [5.74, 6) is 1.07. The predicted molar refractivity (Wildman–Crippen MR) is 78.1 cm³/mol. The van der Waals surface area contributed by atoms with E-state index in [1.807, 2.05) is 19.3 Å². The summed E-state index contributed by atoms with van der Waals surface area (Å²) in [7, 11) is 0. The van der Waals surface area contributed by atoms with Crippen LogP contribution in [0.5, 0.6) is 0 Å². The highest BCUT2D eigenvalue weighted by Crippen LogP contribution is 2.12. The lowest BCUT2D eigenvalue weighted by Crippen LogP contribution is -2.18. The highest BCUT2D eigenvalue weighted by atomic mass is 15.1. The van der Waals surface area contributed by atoms with Gasteiger partial charge in [0, 0.05) is 43.9 Å². The van der Waals surface area contributed by atoms with Gasteiger partial charge in [-0.3, -0.25) is 0 Å². The van der Waals surface area contributed by atoms with E-state index in [1.54, 1.807) is 0 Å². The summed E-state index contributed by atoms with van der Waals surface area (Å²) in [5, 5.41) is 3.51. The Hall–Kier alpha value is -1.55. The Labute approximate surface area is 115 Å². The van der Waals surface area contributed by atoms with E-state index in [9.17, 15) is 0 Å². The number of hydrogen-bond acceptors (Lipinski definition) is 2. The lowest BCUT2D eigenvalue weighted by molar-refractivity contribution is 0.555. The van der Waals surface area contributed by atoms with Gasteiger partial charge in [0.05, 0.1) is 0 Å². The molecule has 1 atom stereocenters. The number of nitrogens with zero attached hydrogens (tertiary/aromatic N) is 3. The fourth-order valence-corrected chi connectivity index (χ4v) is 2.20. The van der Waals surface area contributed by atoms with Crippen molar-refractivity contribution in [3.05, 3.63) is 42.2 Å². The fraction of sp³-hybridized carbons (Fsp3) is 0.533. The maximum atomic E-state index is 4.24. The van der Waals surface area contributed by atoms with E-state index in [-0.39, 0.29) is 0 Å². The Morgan fingerprint density at radius 3 is 2.84 bits per heavy atom. The number of aromatic nitrogens is 3. The average molecular weight is 260 g/mol. The van der Waals surface area contributed by atoms with Crippen LogP contribution in [0.3, 0.4) is 0 Å². The number of aryl methyl sites for hydroxylation is 3. The minimum Gasteiger partial charge on any atom is -0.352 e. The zero-order valence-corrected chi connectivity index (χ0v) is 12.1. The largest absolute Gasteiger partial charge is 0.352 e. The van der Waals surface area contributed by atoms with Crippen LogP contribution < -0.4 is 5.32 Å². The van der Waals surface area contributed by atoms with Crippen molar-refractivity contribution in [1.82, 2.24) is 19.4 Å². The molecule has 0 aliphatic carbocycles. The molecule has 4 nitrogen and oxygen atoms in total. The van der Waals surface area contributed by atoms with Crippen molar-refractivity contribution in [2.75, 3.05) is 6.54 Å². The molecule has 0 saturated carbocycles. The van der Waals surface area contributed by atoms with E-state index in [4.69, 9.17) is 0 Å². The van der Waals surface area contributed by atoms with Crippen molar-refractivity contribution in [1.29, 1.82) is 0 Å². The molecule has 0 radical (unpaired) electrons. The van der Waals surface area contributed by atoms with E-state index in [0.717, 1.165) is 25.5 Å². The maximum Gasteiger partial charge on any atom is 0.105 e. The zero-order chi connectivity index (χ0) is 13.7. The molecule has 4 heteroatoms. The first-order valence-electron chi connectivity index (χ1n) is 7.07. The maximum absolute atomic E-state index is 4.24. The number of rotatable bonds is 7. The quantitative estimate of drug-likeness (QED) is 0.830. The molecule has 1 N–H and O–H groups in total. The molecule has 0 amide bonds. The third kappa shape index (κ3) is 3.70. The molecule has 2 rings (SSSR count). The van der Waals surface area contributed by atoms with Crippen LogP contribution in [0.4, 0.5) is 0 Å². The molecular weight excluding hydrogens is 236 g/mol. The van der Waals surface area contributed by atoms with Crippen molar-refractivity contribution < 1.29 is 0 Å². The molecule has 2 heterocycles. The monoisotopic (exact) mass is 260 g/mol. The molecule has 0 saturated heterocycles. The van der Waals surface area contributed by atoms with Crippen molar-refractivity contribution >= 4 is 0 Å². The van der Waals surface area contributed by atoms with Gasteiger partial charge in [-0.15, -0.1) is 0 Å². The van der Waals surface area contributed by atoms with Gasteiger partial charge in [0.2, 0.25) is 0 Å². The smallest absolute Gasteiger partial charge is 0.105 e. The fourth-order valence-electron chi connectivity index (χ4n) is 2.20. The molecule has 2 aromatic heterocycles. The second-order valence-corrected chi connectivity index (χ2v) is 5.03. The van der Waals surface area contributed by atoms with Gasteiger partial charge < -0.3 is 14.5 Å². The summed E-state index contributed by atoms with van der Waals surface area (Å²) in [6, 6.07) is 2.63. The van der Waals surface area contributed by atoms with Crippen LogP contribution in [0.15, 0.2) is 30.9 Å². The topological polar surface area (TPSA) is 34.8 Å². The van der Waals surface area contributed by atoms with Gasteiger partial charge in [-0.1, -0.05) is 6.92 Å². The number of imidazole rings is 1. The Balaban J connectivity index is 1.88. The van der Waals surface area contributed by atoms with Crippen LogP contribution >= 0.6 is 0 Å². The van der Waals surface area contributed by atoms with Crippen molar-refractivity contribution in [3.63, 3.8) is 0 Å². The molecule has 2 aromatic rings. The average Bonchev–Trinajstić information content (AvgIpc) is 3.02. The molecule has 0 fully saturated rings. The third-order valence-corrected chi connectivity index (χ3v) is 3.50. The lowest BCUT2D eigenvalue weighted by Gasteiger charge is -2.11. The molecular formula is C15H24N4. The molecule has 104 valence electrons. The van der Waals surface area contributed by atoms with Gasteiger partial charge >= 0.3 is 0 Å². The number of hydrogen-bond donors (Lipinski definition) is 1. The predicted octanol–water partition coefficient (Wildman–Crippen LogP) is 2.75. The summed E-state index contributed by atoms with van der Waals surface area (Å²) in [6.45, 7) is 9.47. The van der Waals surface area contributed by atoms with Crippen LogP contribution in [0.25, 0.3) is 0 Å². The van der Waals surface area contributed by atoms with Crippen molar-refractivity contribution in [2.24, 2.45) is 0 Å². The summed E-state index contributed by atoms with van der Waals surface area (Å²) in [6.07, 6.45) is 9.45. The normalized spacial score (nSPS) is 12.8. The van der Waals surface area contributed by atoms with Crippen molar-refractivity contribution in [2.45, 2.75) is 46.3 Å². The summed E-state index contributed by atoms with van der Waals surface area (Å²) < 4.78 is 4.43. The first kappa shape index (κ1) is 13.9. The summed E-state index contributed by atoms with van der Waals surface area (Å²) in [4.78, 5) is 4.24. The van der Waals surface area contributed by atoms with Gasteiger partial charge in [-0.05, 0) is 38.4 Å². The highest BCUT2D eigenvalue weighted by Gasteiger charge is 2.06. The third-order valence-electron chi connectivity index (χ3n) is 3.50. The number of nitrogens with one attached hydrogen (secondary N) is 1. The first-order valence-corrected chi connectivity index (χ1v) is 7.07. The Morgan fingerprint density at radius 1 is 1.32 bits per heavy atom. The van der Waals surface area contributed by atoms with Gasteiger partial charge in [0.25, 0.3) is 0 Å². The van der Waals surface area contributed by atoms with Crippen molar-refractivity contribution in [3.8, 4) is 0 Å². The Morgan fingerprint density at radius 2 is 2.16 bits per heavy atom. The Kier molecular flexibility index (Phi) is 4.80. The van der Waals surface area contributed by atoms with Crippen LogP contribution in [0.2, 0.25) is 0 Å². The SMILES string of the molecule is CCCNC(C)c1ccn(CCn2ccnc2C)c1. The molecule has 0 bridgehead atoms. The van der Waals surface area contributed by atoms with Crippen LogP contribution in [-0.4, -0.2) is 20.7 Å². The lowest BCUT2D eigenvalue weighted by atomic mass is 10.2. The van der Waals surface area contributed by atoms with Crippen LogP contribution in [-0.2, 0) is 13.1 Å². The minimum atomic E-state index is 0.427. The van der Waals surface area contributed by atoms with Gasteiger partial charge in [0.15, 0.2) is 0 Å². The van der Waals surface area contributed by atoms with E-state index in [2.05, 4.69) is 51.7 Å². The van der Waals surface area contributed by atoms with Crippen LogP contribution in [0, 0.1) is 6.92 Å². The van der Waals surface area contributed by atoms with E-state index < -0.39 is 0 Å². The van der Waals surface area contributed by atoms with Gasteiger partial charge in [0.1, 0.15) is 5.82 Å². The van der Waals surface area contributed by atoms with Gasteiger partial charge in [-0.25, -0.2) is 4.98 Å². The molecule has 0 aromatic carbocycles. The molecule has 19 heavy (non-hydrogen) atoms. The van der Waals surface area contributed by atoms with Crippen LogP contribution in [0.1, 0.15) is 37.7 Å². The minimum absolute atomic E-state index is 0.427. The summed E-state index contributed by atoms with van der Waals surface area (Å²) in [5.41, 5.74) is 1.36. The Bertz CT molecular complexity index is 498.